The molecule has 196 valence electrons. The van der Waals surface area contributed by atoms with E-state index in [4.69, 9.17) is 4.74 Å². The minimum Gasteiger partial charge on any atom is -0.376 e. The normalized spacial score (nSPS) is 31.4. The monoisotopic (exact) mass is 505 g/mol. The molecule has 3 fully saturated rings. The zero-order valence-corrected chi connectivity index (χ0v) is 20.4. The molecule has 3 heterocycles. The molecule has 1 aromatic rings. The van der Waals surface area contributed by atoms with Gasteiger partial charge in [-0.3, -0.25) is 9.59 Å². The van der Waals surface area contributed by atoms with E-state index >= 15 is 0 Å². The maximum atomic E-state index is 13.0. The zero-order valence-electron chi connectivity index (χ0n) is 20.4. The van der Waals surface area contributed by atoms with E-state index in [1.165, 1.54) is 0 Å². The van der Waals surface area contributed by atoms with Crippen LogP contribution in [0.15, 0.2) is 30.5 Å². The molecule has 2 saturated heterocycles. The van der Waals surface area contributed by atoms with Gasteiger partial charge in [-0.15, -0.1) is 0 Å². The van der Waals surface area contributed by atoms with Crippen molar-refractivity contribution in [3.05, 3.63) is 47.2 Å². The van der Waals surface area contributed by atoms with Crippen LogP contribution in [-0.2, 0) is 22.5 Å². The molecule has 5 rings (SSSR count). The Labute approximate surface area is 209 Å². The molecule has 0 radical (unpaired) electrons. The number of halogens is 3. The van der Waals surface area contributed by atoms with E-state index in [9.17, 15) is 22.8 Å². The molecule has 2 amide bonds. The summed E-state index contributed by atoms with van der Waals surface area (Å²) in [6, 6.07) is 5.53. The first-order valence-electron chi connectivity index (χ1n) is 13.0. The fourth-order valence-electron chi connectivity index (χ4n) is 6.19. The third kappa shape index (κ3) is 5.32. The summed E-state index contributed by atoms with van der Waals surface area (Å²) in [5, 5.41) is 6.37. The number of alkyl halides is 3. The molecular weight excluding hydrogens is 471 g/mol. The number of fused-ring (bicyclic) bond motifs is 1. The topological polar surface area (TPSA) is 70.7 Å². The Bertz CT molecular complexity index is 1020. The SMILES string of the molecule is C=C1CCC(N2Cc3cc(C[C@H]4OCCC[C@@H]4N[C@H]4CC[C@H](C(F)(F)F)CC4)ccc3C2=O)C(=O)N1. The minimum atomic E-state index is -4.10. The van der Waals surface area contributed by atoms with Gasteiger partial charge < -0.3 is 20.3 Å². The molecule has 2 N–H and O–H groups in total. The van der Waals surface area contributed by atoms with Crippen LogP contribution in [-0.4, -0.2) is 53.7 Å². The number of nitrogens with one attached hydrogen (secondary N) is 2. The van der Waals surface area contributed by atoms with Crippen molar-refractivity contribution in [1.82, 2.24) is 15.5 Å². The highest BCUT2D eigenvalue weighted by molar-refractivity contribution is 6.01. The van der Waals surface area contributed by atoms with Crippen molar-refractivity contribution in [1.29, 1.82) is 0 Å². The number of nitrogens with zero attached hydrogens (tertiary/aromatic N) is 1. The number of carbonyl (C=O) groups is 2. The van der Waals surface area contributed by atoms with Gasteiger partial charge in [-0.05, 0) is 68.6 Å². The third-order valence-electron chi connectivity index (χ3n) is 8.22. The van der Waals surface area contributed by atoms with Crippen LogP contribution in [0.25, 0.3) is 0 Å². The summed E-state index contributed by atoms with van der Waals surface area (Å²) in [7, 11) is 0. The van der Waals surface area contributed by atoms with E-state index in [2.05, 4.69) is 17.2 Å². The lowest BCUT2D eigenvalue weighted by atomic mass is 9.84. The predicted molar refractivity (Wildman–Crippen MR) is 128 cm³/mol. The van der Waals surface area contributed by atoms with E-state index in [0.29, 0.717) is 56.5 Å². The highest BCUT2D eigenvalue weighted by atomic mass is 19.4. The summed E-state index contributed by atoms with van der Waals surface area (Å²) in [5.41, 5.74) is 3.30. The van der Waals surface area contributed by atoms with E-state index in [0.717, 1.165) is 24.0 Å². The maximum Gasteiger partial charge on any atom is 0.391 e. The van der Waals surface area contributed by atoms with Crippen LogP contribution in [0.2, 0.25) is 0 Å². The van der Waals surface area contributed by atoms with Gasteiger partial charge in [0.15, 0.2) is 0 Å². The molecule has 9 heteroatoms. The molecule has 4 aliphatic rings. The second-order valence-corrected chi connectivity index (χ2v) is 10.7. The highest BCUT2D eigenvalue weighted by Gasteiger charge is 2.42. The first-order valence-corrected chi connectivity index (χ1v) is 13.0. The van der Waals surface area contributed by atoms with Gasteiger partial charge in [-0.25, -0.2) is 0 Å². The molecule has 6 nitrogen and oxygen atoms in total. The molecule has 3 atom stereocenters. The van der Waals surface area contributed by atoms with Gasteiger partial charge in [0, 0.05) is 42.9 Å². The maximum absolute atomic E-state index is 13.0. The van der Waals surface area contributed by atoms with Crippen molar-refractivity contribution in [2.75, 3.05) is 6.61 Å². The van der Waals surface area contributed by atoms with Gasteiger partial charge in [-0.2, -0.15) is 13.2 Å². The van der Waals surface area contributed by atoms with Gasteiger partial charge >= 0.3 is 6.18 Å². The molecule has 1 saturated carbocycles. The lowest BCUT2D eigenvalue weighted by molar-refractivity contribution is -0.183. The molecular formula is C27H34F3N3O3. The fourth-order valence-corrected chi connectivity index (χ4v) is 6.19. The van der Waals surface area contributed by atoms with Crippen LogP contribution in [0, 0.1) is 5.92 Å². The molecule has 1 unspecified atom stereocenters. The van der Waals surface area contributed by atoms with Crippen LogP contribution in [0.3, 0.4) is 0 Å². The highest BCUT2D eigenvalue weighted by Crippen LogP contribution is 2.38. The van der Waals surface area contributed by atoms with E-state index in [-0.39, 0.29) is 42.8 Å². The fraction of sp³-hybridized carbons (Fsp3) is 0.630. The average Bonchev–Trinajstić information content (AvgIpc) is 3.15. The number of rotatable bonds is 5. The number of carbonyl (C=O) groups excluding carboxylic acids is 2. The Balaban J connectivity index is 1.21. The first kappa shape index (κ1) is 25.3. The van der Waals surface area contributed by atoms with Gasteiger partial charge in [-0.1, -0.05) is 18.7 Å². The molecule has 3 aliphatic heterocycles. The molecule has 0 spiro atoms. The van der Waals surface area contributed by atoms with Gasteiger partial charge in [0.25, 0.3) is 5.91 Å². The van der Waals surface area contributed by atoms with Crippen molar-refractivity contribution in [3.63, 3.8) is 0 Å². The van der Waals surface area contributed by atoms with Crippen LogP contribution in [0.1, 0.15) is 72.9 Å². The number of allylic oxidation sites excluding steroid dienone is 1. The Kier molecular flexibility index (Phi) is 7.14. The van der Waals surface area contributed by atoms with Gasteiger partial charge in [0.05, 0.1) is 12.0 Å². The summed E-state index contributed by atoms with van der Waals surface area (Å²) in [6.07, 6.45) is 1.03. The quantitative estimate of drug-likeness (QED) is 0.628. The predicted octanol–water partition coefficient (Wildman–Crippen LogP) is 4.24. The summed E-state index contributed by atoms with van der Waals surface area (Å²) in [5.74, 6) is -1.48. The second-order valence-electron chi connectivity index (χ2n) is 10.7. The largest absolute Gasteiger partial charge is 0.391 e. The number of benzene rings is 1. The van der Waals surface area contributed by atoms with Crippen LogP contribution in [0.5, 0.6) is 0 Å². The van der Waals surface area contributed by atoms with E-state index in [1.807, 2.05) is 18.2 Å². The Hall–Kier alpha value is -2.39. The Morgan fingerprint density at radius 1 is 1.11 bits per heavy atom. The standard InChI is InChI=1S/C27H34F3N3O3/c1-16-4-11-23(25(34)31-16)33-15-18-13-17(5-10-21(18)26(33)35)14-24-22(3-2-12-36-24)32-20-8-6-19(7-9-20)27(28,29)30/h5,10,13,19-20,22-24,32H,1-4,6-9,11-12,14-15H2,(H,31,34)/t19-,20-,22-,23?,24+/m0/s1. The smallest absolute Gasteiger partial charge is 0.376 e. The van der Waals surface area contributed by atoms with Gasteiger partial charge in [0.1, 0.15) is 6.04 Å². The minimum absolute atomic E-state index is 0.0690. The number of hydrogen-bond donors (Lipinski definition) is 2. The average molecular weight is 506 g/mol. The summed E-state index contributed by atoms with van der Waals surface area (Å²) in [6.45, 7) is 4.88. The lowest BCUT2D eigenvalue weighted by Crippen LogP contribution is -2.51. The molecule has 0 bridgehead atoms. The van der Waals surface area contributed by atoms with E-state index in [1.54, 1.807) is 4.90 Å². The molecule has 36 heavy (non-hydrogen) atoms. The summed E-state index contributed by atoms with van der Waals surface area (Å²) < 4.78 is 45.2. The number of hydrogen-bond acceptors (Lipinski definition) is 4. The molecule has 1 aliphatic carbocycles. The lowest BCUT2D eigenvalue weighted by Gasteiger charge is -2.38. The van der Waals surface area contributed by atoms with Crippen LogP contribution < -0.4 is 10.6 Å². The Morgan fingerprint density at radius 3 is 2.61 bits per heavy atom. The van der Waals surface area contributed by atoms with Crippen molar-refractivity contribution in [2.24, 2.45) is 5.92 Å². The van der Waals surface area contributed by atoms with Crippen LogP contribution in [0.4, 0.5) is 13.2 Å². The number of amides is 2. The zero-order chi connectivity index (χ0) is 25.4. The molecule has 1 aromatic carbocycles. The van der Waals surface area contributed by atoms with E-state index < -0.39 is 18.1 Å². The number of ether oxygens (including phenoxy) is 1. The van der Waals surface area contributed by atoms with Gasteiger partial charge in [0.2, 0.25) is 5.91 Å². The summed E-state index contributed by atoms with van der Waals surface area (Å²) in [4.78, 5) is 27.1. The second kappa shape index (κ2) is 10.2. The first-order chi connectivity index (χ1) is 17.2. The summed E-state index contributed by atoms with van der Waals surface area (Å²) >= 11 is 0. The van der Waals surface area contributed by atoms with Crippen molar-refractivity contribution >= 4 is 11.8 Å². The number of piperidine rings is 1. The van der Waals surface area contributed by atoms with Crippen LogP contribution >= 0.6 is 0 Å². The van der Waals surface area contributed by atoms with Crippen molar-refractivity contribution in [2.45, 2.75) is 94.7 Å². The third-order valence-corrected chi connectivity index (χ3v) is 8.22. The molecule has 0 aromatic heterocycles. The van der Waals surface area contributed by atoms with Crippen molar-refractivity contribution < 1.29 is 27.5 Å². The van der Waals surface area contributed by atoms with Crippen molar-refractivity contribution in [3.8, 4) is 0 Å². The Morgan fingerprint density at radius 2 is 1.89 bits per heavy atom.